The number of nitrogens with one attached hydrogen (secondary N) is 2. The zero-order chi connectivity index (χ0) is 21.9. The molecule has 0 heterocycles. The van der Waals surface area contributed by atoms with E-state index in [2.05, 4.69) is 10.0 Å². The third kappa shape index (κ3) is 4.37. The maximum atomic E-state index is 12.4. The third-order valence-corrected chi connectivity index (χ3v) is 6.06. The second-order valence-electron chi connectivity index (χ2n) is 6.60. The van der Waals surface area contributed by atoms with Gasteiger partial charge in [-0.05, 0) is 43.0 Å². The van der Waals surface area contributed by atoms with Gasteiger partial charge in [-0.2, -0.15) is 0 Å². The number of allylic oxidation sites excluding steroid dienone is 2. The van der Waals surface area contributed by atoms with Gasteiger partial charge in [-0.1, -0.05) is 12.1 Å². The van der Waals surface area contributed by atoms with Crippen molar-refractivity contribution < 1.29 is 27.5 Å². The Kier molecular flexibility index (Phi) is 6.23. The Morgan fingerprint density at radius 2 is 1.57 bits per heavy atom. The zero-order valence-electron chi connectivity index (χ0n) is 16.8. The monoisotopic (exact) mass is 430 g/mol. The van der Waals surface area contributed by atoms with Crippen LogP contribution in [0.1, 0.15) is 31.8 Å². The summed E-state index contributed by atoms with van der Waals surface area (Å²) in [5, 5.41) is 3.21. The summed E-state index contributed by atoms with van der Waals surface area (Å²) >= 11 is 0. The van der Waals surface area contributed by atoms with Crippen LogP contribution in [0, 0.1) is 0 Å². The first kappa shape index (κ1) is 21.5. The summed E-state index contributed by atoms with van der Waals surface area (Å²) in [7, 11) is 0.914. The summed E-state index contributed by atoms with van der Waals surface area (Å²) < 4.78 is 36.4. The number of sulfonamides is 1. The van der Waals surface area contributed by atoms with Crippen molar-refractivity contribution in [1.29, 1.82) is 0 Å². The van der Waals surface area contributed by atoms with Gasteiger partial charge in [0.25, 0.3) is 0 Å². The maximum absolute atomic E-state index is 12.4. The van der Waals surface area contributed by atoms with Crippen LogP contribution in [-0.2, 0) is 22.3 Å². The highest BCUT2D eigenvalue weighted by Crippen LogP contribution is 2.37. The van der Waals surface area contributed by atoms with E-state index in [4.69, 9.17) is 9.47 Å². The molecule has 2 aromatic carbocycles. The highest BCUT2D eigenvalue weighted by atomic mass is 32.2. The van der Waals surface area contributed by atoms with Crippen LogP contribution in [0.4, 0.5) is 5.69 Å². The number of benzene rings is 2. The number of anilines is 1. The number of hydrogen-bond donors (Lipinski definition) is 2. The average Bonchev–Trinajstić information content (AvgIpc) is 2.74. The van der Waals surface area contributed by atoms with Gasteiger partial charge in [0, 0.05) is 17.8 Å². The molecule has 1 aliphatic carbocycles. The minimum Gasteiger partial charge on any atom is -0.496 e. The summed E-state index contributed by atoms with van der Waals surface area (Å²) in [6.07, 6.45) is 2.45. The largest absolute Gasteiger partial charge is 0.496 e. The molecule has 0 bridgehead atoms. The molecule has 2 aromatic rings. The minimum absolute atomic E-state index is 0.108. The number of fused-ring (bicyclic) bond motifs is 1. The Hall–Kier alpha value is -3.17. The molecule has 0 atom stereocenters. The lowest BCUT2D eigenvalue weighted by atomic mass is 9.90. The predicted molar refractivity (Wildman–Crippen MR) is 113 cm³/mol. The van der Waals surface area contributed by atoms with Gasteiger partial charge in [-0.3, -0.25) is 9.59 Å². The lowest BCUT2D eigenvalue weighted by molar-refractivity contribution is 0.0988. The molecule has 0 fully saturated rings. The maximum Gasteiger partial charge on any atom is 0.215 e. The summed E-state index contributed by atoms with van der Waals surface area (Å²) in [5.41, 5.74) is 2.43. The number of ketones is 2. The molecule has 0 spiro atoms. The molecule has 3 rings (SSSR count). The van der Waals surface area contributed by atoms with Crippen LogP contribution >= 0.6 is 0 Å². The van der Waals surface area contributed by atoms with E-state index in [1.54, 1.807) is 30.3 Å². The smallest absolute Gasteiger partial charge is 0.215 e. The molecule has 158 valence electrons. The topological polar surface area (TPSA) is 111 Å². The van der Waals surface area contributed by atoms with Crippen molar-refractivity contribution in [2.24, 2.45) is 0 Å². The van der Waals surface area contributed by atoms with Crippen LogP contribution < -0.4 is 19.5 Å². The van der Waals surface area contributed by atoms with Crippen molar-refractivity contribution in [3.8, 4) is 11.5 Å². The van der Waals surface area contributed by atoms with Crippen molar-refractivity contribution in [2.45, 2.75) is 12.3 Å². The van der Waals surface area contributed by atoms with Crippen LogP contribution in [0.25, 0.3) is 0 Å². The SMILES string of the molecule is CNS(=O)(=O)Cc1ccc(NCc2cc(OC)c3c(c2OC)C(=O)C=CC3=O)cc1. The molecule has 30 heavy (non-hydrogen) atoms. The van der Waals surface area contributed by atoms with E-state index in [0.29, 0.717) is 29.2 Å². The number of carbonyl (C=O) groups is 2. The highest BCUT2D eigenvalue weighted by Gasteiger charge is 2.29. The normalized spacial score (nSPS) is 13.2. The molecular formula is C21H22N2O6S. The predicted octanol–water partition coefficient (Wildman–Crippen LogP) is 2.30. The van der Waals surface area contributed by atoms with Crippen LogP contribution in [-0.4, -0.2) is 41.3 Å². The van der Waals surface area contributed by atoms with Gasteiger partial charge < -0.3 is 14.8 Å². The Labute approximate surface area is 174 Å². The zero-order valence-corrected chi connectivity index (χ0v) is 17.6. The van der Waals surface area contributed by atoms with Crippen molar-refractivity contribution in [2.75, 3.05) is 26.6 Å². The summed E-state index contributed by atoms with van der Waals surface area (Å²) in [4.78, 5) is 24.7. The summed E-state index contributed by atoms with van der Waals surface area (Å²) in [5.74, 6) is -0.123. The standard InChI is InChI=1S/C21H22N2O6S/c1-22-30(26,27)12-13-4-6-15(7-5-13)23-11-14-10-18(28-2)19-16(24)8-9-17(25)20(19)21(14)29-3/h4-10,22-23H,11-12H2,1-3H3. The second kappa shape index (κ2) is 8.68. The van der Waals surface area contributed by atoms with Crippen molar-refractivity contribution in [3.63, 3.8) is 0 Å². The first-order chi connectivity index (χ1) is 14.3. The van der Waals surface area contributed by atoms with E-state index in [9.17, 15) is 18.0 Å². The minimum atomic E-state index is -3.34. The van der Waals surface area contributed by atoms with E-state index in [1.807, 2.05) is 0 Å². The molecule has 0 saturated heterocycles. The molecule has 1 aliphatic rings. The lowest BCUT2D eigenvalue weighted by Crippen LogP contribution is -2.20. The van der Waals surface area contributed by atoms with Crippen molar-refractivity contribution in [3.05, 3.63) is 64.7 Å². The molecule has 0 amide bonds. The Morgan fingerprint density at radius 1 is 0.933 bits per heavy atom. The van der Waals surface area contributed by atoms with Gasteiger partial charge in [0.2, 0.25) is 10.0 Å². The Balaban J connectivity index is 1.86. The van der Waals surface area contributed by atoms with Gasteiger partial charge in [0.15, 0.2) is 11.6 Å². The molecule has 9 heteroatoms. The Bertz CT molecular complexity index is 1120. The summed E-state index contributed by atoms with van der Waals surface area (Å²) in [6.45, 7) is 0.298. The Morgan fingerprint density at radius 3 is 2.13 bits per heavy atom. The molecular weight excluding hydrogens is 408 g/mol. The molecule has 2 N–H and O–H groups in total. The fraction of sp³-hybridized carbons (Fsp3) is 0.238. The van der Waals surface area contributed by atoms with Crippen molar-refractivity contribution >= 4 is 27.3 Å². The van der Waals surface area contributed by atoms with Crippen LogP contribution in [0.15, 0.2) is 42.5 Å². The highest BCUT2D eigenvalue weighted by molar-refractivity contribution is 7.88. The van der Waals surface area contributed by atoms with E-state index in [1.165, 1.54) is 33.4 Å². The van der Waals surface area contributed by atoms with E-state index in [0.717, 1.165) is 5.69 Å². The van der Waals surface area contributed by atoms with Gasteiger partial charge in [0.05, 0.1) is 31.1 Å². The van der Waals surface area contributed by atoms with Crippen LogP contribution in [0.3, 0.4) is 0 Å². The molecule has 0 unspecified atom stereocenters. The molecule has 0 saturated carbocycles. The third-order valence-electron chi connectivity index (χ3n) is 4.73. The van der Waals surface area contributed by atoms with E-state index < -0.39 is 10.0 Å². The molecule has 0 aromatic heterocycles. The molecule has 8 nitrogen and oxygen atoms in total. The van der Waals surface area contributed by atoms with Crippen molar-refractivity contribution in [1.82, 2.24) is 4.72 Å². The van der Waals surface area contributed by atoms with E-state index >= 15 is 0 Å². The number of carbonyl (C=O) groups excluding carboxylic acids is 2. The fourth-order valence-corrected chi connectivity index (χ4v) is 4.00. The van der Waals surface area contributed by atoms with Gasteiger partial charge >= 0.3 is 0 Å². The average molecular weight is 430 g/mol. The van der Waals surface area contributed by atoms with Crippen LogP contribution in [0.5, 0.6) is 11.5 Å². The van der Waals surface area contributed by atoms with E-state index in [-0.39, 0.29) is 28.4 Å². The second-order valence-corrected chi connectivity index (χ2v) is 8.52. The number of ether oxygens (including phenoxy) is 2. The quantitative estimate of drug-likeness (QED) is 0.661. The number of methoxy groups -OCH3 is 2. The summed E-state index contributed by atoms with van der Waals surface area (Å²) in [6, 6.07) is 8.63. The van der Waals surface area contributed by atoms with Crippen LogP contribution in [0.2, 0.25) is 0 Å². The number of rotatable bonds is 8. The first-order valence-electron chi connectivity index (χ1n) is 9.08. The first-order valence-corrected chi connectivity index (χ1v) is 10.7. The molecule has 0 radical (unpaired) electrons. The van der Waals surface area contributed by atoms with Gasteiger partial charge in [-0.15, -0.1) is 0 Å². The lowest BCUT2D eigenvalue weighted by Gasteiger charge is -2.20. The van der Waals surface area contributed by atoms with Gasteiger partial charge in [0.1, 0.15) is 11.5 Å². The fourth-order valence-electron chi connectivity index (χ4n) is 3.22. The van der Waals surface area contributed by atoms with Gasteiger partial charge in [-0.25, -0.2) is 13.1 Å². The number of hydrogen-bond acceptors (Lipinski definition) is 7. The molecule has 0 aliphatic heterocycles.